The molecule has 0 N–H and O–H groups in total. The Kier molecular flexibility index (Phi) is 4.93. The first-order chi connectivity index (χ1) is 5.20. The molecule has 0 aromatic rings. The highest BCUT2D eigenvalue weighted by molar-refractivity contribution is 6.04. The van der Waals surface area contributed by atoms with Crippen LogP contribution in [0.1, 0.15) is 20.8 Å². The molecule has 2 nitrogen and oxygen atoms in total. The molecule has 0 aromatic carbocycles. The average Bonchev–Trinajstić information content (AvgIpc) is 1.87. The summed E-state index contributed by atoms with van der Waals surface area (Å²) >= 11 is 0. The molecular formula is C9H12O2. The lowest BCUT2D eigenvalue weighted by atomic mass is 10.3. The largest absolute Gasteiger partial charge is 0.498 e. The number of rotatable bonds is 3. The summed E-state index contributed by atoms with van der Waals surface area (Å²) in [7, 11) is 0. The third-order valence-corrected chi connectivity index (χ3v) is 0.955. The van der Waals surface area contributed by atoms with Gasteiger partial charge in [0.15, 0.2) is 0 Å². The predicted molar refractivity (Wildman–Crippen MR) is 43.8 cm³/mol. The predicted octanol–water partition coefficient (Wildman–Crippen LogP) is 1.52. The first-order valence-electron chi connectivity index (χ1n) is 3.48. The molecule has 0 heterocycles. The number of hydrogen-bond donors (Lipinski definition) is 0. The van der Waals surface area contributed by atoms with Crippen molar-refractivity contribution in [2.24, 2.45) is 0 Å². The van der Waals surface area contributed by atoms with Crippen molar-refractivity contribution in [1.82, 2.24) is 0 Å². The summed E-state index contributed by atoms with van der Waals surface area (Å²) in [5.74, 6) is 5.31. The minimum Gasteiger partial charge on any atom is -0.498 e. The van der Waals surface area contributed by atoms with Crippen molar-refractivity contribution >= 4 is 5.78 Å². The van der Waals surface area contributed by atoms with E-state index in [1.807, 2.05) is 6.92 Å². The highest BCUT2D eigenvalue weighted by Crippen LogP contribution is 1.93. The van der Waals surface area contributed by atoms with E-state index in [1.54, 1.807) is 13.8 Å². The Hall–Kier alpha value is -1.23. The molecule has 0 aliphatic heterocycles. The van der Waals surface area contributed by atoms with Gasteiger partial charge in [-0.3, -0.25) is 4.79 Å². The van der Waals surface area contributed by atoms with E-state index in [0.29, 0.717) is 12.4 Å². The lowest BCUT2D eigenvalue weighted by Gasteiger charge is -1.98. The average molecular weight is 152 g/mol. The van der Waals surface area contributed by atoms with Gasteiger partial charge in [-0.2, -0.15) is 0 Å². The fourth-order valence-electron chi connectivity index (χ4n) is 0.613. The number of carbonyl (C=O) groups is 1. The van der Waals surface area contributed by atoms with E-state index in [1.165, 1.54) is 6.08 Å². The molecule has 0 saturated heterocycles. The molecule has 0 amide bonds. The first kappa shape index (κ1) is 9.77. The Morgan fingerprint density at radius 3 is 2.73 bits per heavy atom. The van der Waals surface area contributed by atoms with Gasteiger partial charge in [0.1, 0.15) is 0 Å². The second kappa shape index (κ2) is 5.55. The van der Waals surface area contributed by atoms with E-state index in [-0.39, 0.29) is 5.78 Å². The molecule has 0 rings (SSSR count). The standard InChI is InChI=1S/C9H12O2/c1-4-6-9(10)7-8(3)11-5-2/h7H,5H2,1-3H3/b8-7+. The fourth-order valence-corrected chi connectivity index (χ4v) is 0.613. The highest BCUT2D eigenvalue weighted by atomic mass is 16.5. The van der Waals surface area contributed by atoms with Crippen molar-refractivity contribution < 1.29 is 9.53 Å². The minimum absolute atomic E-state index is 0.210. The third-order valence-electron chi connectivity index (χ3n) is 0.955. The van der Waals surface area contributed by atoms with E-state index >= 15 is 0 Å². The van der Waals surface area contributed by atoms with Gasteiger partial charge in [-0.05, 0) is 26.7 Å². The first-order valence-corrected chi connectivity index (χ1v) is 3.48. The molecule has 2 heteroatoms. The zero-order valence-corrected chi connectivity index (χ0v) is 7.10. The van der Waals surface area contributed by atoms with E-state index < -0.39 is 0 Å². The van der Waals surface area contributed by atoms with Crippen LogP contribution in [-0.2, 0) is 9.53 Å². The number of hydrogen-bond acceptors (Lipinski definition) is 2. The van der Waals surface area contributed by atoms with Crippen LogP contribution in [0.5, 0.6) is 0 Å². The Morgan fingerprint density at radius 2 is 2.27 bits per heavy atom. The lowest BCUT2D eigenvalue weighted by Crippen LogP contribution is -1.92. The molecule has 11 heavy (non-hydrogen) atoms. The Morgan fingerprint density at radius 1 is 1.64 bits per heavy atom. The van der Waals surface area contributed by atoms with Gasteiger partial charge in [0.05, 0.1) is 12.4 Å². The number of carbonyl (C=O) groups excluding carboxylic acids is 1. The maximum atomic E-state index is 10.8. The molecule has 0 spiro atoms. The van der Waals surface area contributed by atoms with Crippen LogP contribution in [0.4, 0.5) is 0 Å². The van der Waals surface area contributed by atoms with Crippen LogP contribution in [-0.4, -0.2) is 12.4 Å². The number of allylic oxidation sites excluding steroid dienone is 2. The molecule has 0 fully saturated rings. The van der Waals surface area contributed by atoms with Gasteiger partial charge in [0.2, 0.25) is 5.78 Å². The Labute approximate surface area is 67.2 Å². The normalized spacial score (nSPS) is 9.91. The molecule has 0 radical (unpaired) electrons. The number of ether oxygens (including phenoxy) is 1. The zero-order valence-electron chi connectivity index (χ0n) is 7.10. The summed E-state index contributed by atoms with van der Waals surface area (Å²) < 4.78 is 5.03. The molecule has 0 aromatic heterocycles. The second-order valence-corrected chi connectivity index (χ2v) is 1.93. The number of ketones is 1. The van der Waals surface area contributed by atoms with Crippen LogP contribution in [0.15, 0.2) is 11.8 Å². The van der Waals surface area contributed by atoms with Crippen LogP contribution >= 0.6 is 0 Å². The summed E-state index contributed by atoms with van der Waals surface area (Å²) in [6, 6.07) is 0. The van der Waals surface area contributed by atoms with Crippen LogP contribution in [0.2, 0.25) is 0 Å². The van der Waals surface area contributed by atoms with Crippen molar-refractivity contribution in [3.63, 3.8) is 0 Å². The highest BCUT2D eigenvalue weighted by Gasteiger charge is 1.92. The van der Waals surface area contributed by atoms with Crippen LogP contribution in [0, 0.1) is 11.8 Å². The molecule has 0 saturated carbocycles. The van der Waals surface area contributed by atoms with Crippen molar-refractivity contribution in [3.8, 4) is 11.8 Å². The topological polar surface area (TPSA) is 26.3 Å². The Balaban J connectivity index is 4.04. The van der Waals surface area contributed by atoms with Crippen LogP contribution < -0.4 is 0 Å². The summed E-state index contributed by atoms with van der Waals surface area (Å²) in [5, 5.41) is 0. The quantitative estimate of drug-likeness (QED) is 0.265. The van der Waals surface area contributed by atoms with Crippen LogP contribution in [0.25, 0.3) is 0 Å². The zero-order chi connectivity index (χ0) is 8.69. The summed E-state index contributed by atoms with van der Waals surface area (Å²) in [5.41, 5.74) is 0. The smallest absolute Gasteiger partial charge is 0.232 e. The van der Waals surface area contributed by atoms with Gasteiger partial charge < -0.3 is 4.74 Å². The summed E-state index contributed by atoms with van der Waals surface area (Å²) in [4.78, 5) is 10.8. The van der Waals surface area contributed by atoms with E-state index in [0.717, 1.165) is 0 Å². The fraction of sp³-hybridized carbons (Fsp3) is 0.444. The molecule has 60 valence electrons. The molecule has 0 aliphatic rings. The van der Waals surface area contributed by atoms with Crippen molar-refractivity contribution in [1.29, 1.82) is 0 Å². The second-order valence-electron chi connectivity index (χ2n) is 1.93. The summed E-state index contributed by atoms with van der Waals surface area (Å²) in [6.07, 6.45) is 1.39. The van der Waals surface area contributed by atoms with Gasteiger partial charge in [0, 0.05) is 6.08 Å². The third kappa shape index (κ3) is 5.23. The molecule has 0 atom stereocenters. The molecule has 0 unspecified atom stereocenters. The van der Waals surface area contributed by atoms with E-state index in [9.17, 15) is 4.79 Å². The SMILES string of the molecule is CC#CC(=O)/C=C(\C)OCC. The van der Waals surface area contributed by atoms with Gasteiger partial charge in [-0.15, -0.1) is 0 Å². The van der Waals surface area contributed by atoms with Crippen molar-refractivity contribution in [3.05, 3.63) is 11.8 Å². The van der Waals surface area contributed by atoms with E-state index in [2.05, 4.69) is 11.8 Å². The van der Waals surface area contributed by atoms with Gasteiger partial charge >= 0.3 is 0 Å². The molecular weight excluding hydrogens is 140 g/mol. The Bertz CT molecular complexity index is 215. The minimum atomic E-state index is -0.210. The lowest BCUT2D eigenvalue weighted by molar-refractivity contribution is -0.109. The molecule has 0 aliphatic carbocycles. The van der Waals surface area contributed by atoms with Crippen molar-refractivity contribution in [2.45, 2.75) is 20.8 Å². The molecule has 0 bridgehead atoms. The van der Waals surface area contributed by atoms with Gasteiger partial charge in [-0.1, -0.05) is 5.92 Å². The van der Waals surface area contributed by atoms with Crippen molar-refractivity contribution in [2.75, 3.05) is 6.61 Å². The van der Waals surface area contributed by atoms with Gasteiger partial charge in [0.25, 0.3) is 0 Å². The monoisotopic (exact) mass is 152 g/mol. The maximum Gasteiger partial charge on any atom is 0.232 e. The van der Waals surface area contributed by atoms with Gasteiger partial charge in [-0.25, -0.2) is 0 Å². The summed E-state index contributed by atoms with van der Waals surface area (Å²) in [6.45, 7) is 5.81. The van der Waals surface area contributed by atoms with E-state index in [4.69, 9.17) is 4.74 Å². The van der Waals surface area contributed by atoms with Crippen LogP contribution in [0.3, 0.4) is 0 Å². The maximum absolute atomic E-state index is 10.8.